The zero-order valence-electron chi connectivity index (χ0n) is 16.0. The maximum absolute atomic E-state index is 11.9. The number of aryl methyl sites for hydroxylation is 4. The van der Waals surface area contributed by atoms with Crippen LogP contribution in [0.1, 0.15) is 35.0 Å². The number of halogens is 1. The molecular weight excluding hydrogens is 378 g/mol. The summed E-state index contributed by atoms with van der Waals surface area (Å²) < 4.78 is 5.20. The molecule has 0 aliphatic carbocycles. The van der Waals surface area contributed by atoms with Crippen molar-refractivity contribution in [2.45, 2.75) is 39.5 Å². The fourth-order valence-electron chi connectivity index (χ4n) is 3.10. The van der Waals surface area contributed by atoms with Gasteiger partial charge in [-0.25, -0.2) is 0 Å². The average molecular weight is 404 g/mol. The van der Waals surface area contributed by atoms with Crippen molar-refractivity contribution in [3.8, 4) is 16.2 Å². The van der Waals surface area contributed by atoms with Gasteiger partial charge in [0, 0.05) is 26.6 Å². The monoisotopic (exact) mass is 403 g/mol. The summed E-state index contributed by atoms with van der Waals surface area (Å²) in [6, 6.07) is 14.7. The first-order valence-corrected chi connectivity index (χ1v) is 9.87. The molecule has 144 valence electrons. The van der Waals surface area contributed by atoms with Crippen LogP contribution in [0.3, 0.4) is 0 Å². The minimum Gasteiger partial charge on any atom is -0.497 e. The van der Waals surface area contributed by atoms with Crippen molar-refractivity contribution >= 4 is 23.7 Å². The number of thiophene rings is 1. The lowest BCUT2D eigenvalue weighted by Crippen LogP contribution is -2.13. The molecule has 0 saturated heterocycles. The van der Waals surface area contributed by atoms with Crippen molar-refractivity contribution in [3.05, 3.63) is 74.5 Å². The minimum atomic E-state index is 0. The number of methoxy groups -OCH3 is 1. The van der Waals surface area contributed by atoms with Gasteiger partial charge in [-0.2, -0.15) is 0 Å². The van der Waals surface area contributed by atoms with Crippen molar-refractivity contribution in [1.29, 1.82) is 0 Å². The molecule has 27 heavy (non-hydrogen) atoms. The van der Waals surface area contributed by atoms with Crippen LogP contribution in [0, 0.1) is 6.92 Å². The van der Waals surface area contributed by atoms with E-state index < -0.39 is 0 Å². The second-order valence-corrected chi connectivity index (χ2v) is 7.65. The molecule has 1 aromatic carbocycles. The van der Waals surface area contributed by atoms with Gasteiger partial charge in [-0.1, -0.05) is 19.1 Å². The molecule has 1 N–H and O–H groups in total. The lowest BCUT2D eigenvalue weighted by Gasteiger charge is -2.05. The Balaban J connectivity index is 0.00000261. The van der Waals surface area contributed by atoms with Gasteiger partial charge in [0.05, 0.1) is 7.11 Å². The first kappa shape index (κ1) is 21.3. The summed E-state index contributed by atoms with van der Waals surface area (Å²) in [5.74, 6) is 0.902. The quantitative estimate of drug-likeness (QED) is 0.559. The number of H-pyrrole nitrogens is 1. The van der Waals surface area contributed by atoms with Crippen molar-refractivity contribution in [2.75, 3.05) is 7.11 Å². The Kier molecular flexibility index (Phi) is 7.69. The molecule has 0 spiro atoms. The van der Waals surface area contributed by atoms with Crippen LogP contribution in [-0.4, -0.2) is 12.1 Å². The average Bonchev–Trinajstić information content (AvgIpc) is 3.11. The molecule has 3 aromatic rings. The Hall–Kier alpha value is -2.04. The molecule has 0 aliphatic rings. The van der Waals surface area contributed by atoms with Gasteiger partial charge in [0.25, 0.3) is 5.56 Å². The maximum Gasteiger partial charge on any atom is 0.251 e. The SMILES string of the molecule is CCc1cc(-c2ccc(CCCc3ccc(OC)cc3)s2)c(C)[nH]c1=O.Cl. The second kappa shape index (κ2) is 9.77. The van der Waals surface area contributed by atoms with Gasteiger partial charge in [0.2, 0.25) is 0 Å². The van der Waals surface area contributed by atoms with E-state index in [0.717, 1.165) is 48.3 Å². The number of hydrogen-bond acceptors (Lipinski definition) is 3. The Labute approximate surface area is 170 Å². The second-order valence-electron chi connectivity index (χ2n) is 6.48. The topological polar surface area (TPSA) is 42.1 Å². The summed E-state index contributed by atoms with van der Waals surface area (Å²) in [5, 5.41) is 0. The van der Waals surface area contributed by atoms with E-state index in [2.05, 4.69) is 29.2 Å². The van der Waals surface area contributed by atoms with Crippen molar-refractivity contribution < 1.29 is 4.74 Å². The fourth-order valence-corrected chi connectivity index (χ4v) is 4.22. The number of pyridine rings is 1. The highest BCUT2D eigenvalue weighted by Gasteiger charge is 2.09. The standard InChI is InChI=1S/C22H25NO2S.ClH/c1-4-17-14-20(15(2)23-22(17)24)21-13-12-19(26-21)7-5-6-16-8-10-18(25-3)11-9-16;/h8-14H,4-7H2,1-3H3,(H,23,24);1H. The molecule has 0 fully saturated rings. The summed E-state index contributed by atoms with van der Waals surface area (Å²) in [5.41, 5.74) is 4.31. The highest BCUT2D eigenvalue weighted by Crippen LogP contribution is 2.30. The van der Waals surface area contributed by atoms with Gasteiger partial charge in [-0.3, -0.25) is 4.79 Å². The zero-order chi connectivity index (χ0) is 18.5. The van der Waals surface area contributed by atoms with Gasteiger partial charge in [0.1, 0.15) is 5.75 Å². The van der Waals surface area contributed by atoms with Gasteiger partial charge in [-0.05, 0) is 68.5 Å². The number of rotatable bonds is 7. The van der Waals surface area contributed by atoms with Crippen LogP contribution in [0.25, 0.3) is 10.4 Å². The lowest BCUT2D eigenvalue weighted by molar-refractivity contribution is 0.414. The van der Waals surface area contributed by atoms with E-state index in [1.807, 2.05) is 43.4 Å². The van der Waals surface area contributed by atoms with Crippen LogP contribution in [0.4, 0.5) is 0 Å². The van der Waals surface area contributed by atoms with Crippen LogP contribution in [0.15, 0.2) is 47.3 Å². The molecule has 2 aromatic heterocycles. The predicted octanol–water partition coefficient (Wildman–Crippen LogP) is 5.58. The first-order valence-electron chi connectivity index (χ1n) is 9.05. The molecule has 0 amide bonds. The number of aromatic amines is 1. The number of ether oxygens (including phenoxy) is 1. The van der Waals surface area contributed by atoms with E-state index in [1.54, 1.807) is 7.11 Å². The molecule has 0 saturated carbocycles. The van der Waals surface area contributed by atoms with Crippen LogP contribution >= 0.6 is 23.7 Å². The Morgan fingerprint density at radius 2 is 1.81 bits per heavy atom. The van der Waals surface area contributed by atoms with E-state index in [0.29, 0.717) is 0 Å². The zero-order valence-corrected chi connectivity index (χ0v) is 17.6. The molecule has 0 bridgehead atoms. The summed E-state index contributed by atoms with van der Waals surface area (Å²) >= 11 is 1.82. The lowest BCUT2D eigenvalue weighted by atomic mass is 10.1. The molecule has 2 heterocycles. The normalized spacial score (nSPS) is 10.5. The minimum absolute atomic E-state index is 0. The summed E-state index contributed by atoms with van der Waals surface area (Å²) in [7, 11) is 1.69. The molecule has 0 aliphatic heterocycles. The van der Waals surface area contributed by atoms with Crippen LogP contribution in [0.2, 0.25) is 0 Å². The van der Waals surface area contributed by atoms with E-state index in [1.165, 1.54) is 15.3 Å². The van der Waals surface area contributed by atoms with Gasteiger partial charge in [-0.15, -0.1) is 23.7 Å². The smallest absolute Gasteiger partial charge is 0.251 e. The summed E-state index contributed by atoms with van der Waals surface area (Å²) in [6.07, 6.45) is 4.01. The number of benzene rings is 1. The molecule has 3 nitrogen and oxygen atoms in total. The third kappa shape index (κ3) is 5.24. The molecular formula is C22H26ClNO2S. The van der Waals surface area contributed by atoms with Crippen molar-refractivity contribution in [2.24, 2.45) is 0 Å². The summed E-state index contributed by atoms with van der Waals surface area (Å²) in [6.45, 7) is 3.99. The van der Waals surface area contributed by atoms with Crippen molar-refractivity contribution in [3.63, 3.8) is 0 Å². The molecule has 0 unspecified atom stereocenters. The van der Waals surface area contributed by atoms with Gasteiger partial charge < -0.3 is 9.72 Å². The van der Waals surface area contributed by atoms with Crippen LogP contribution < -0.4 is 10.3 Å². The van der Waals surface area contributed by atoms with Crippen LogP contribution in [-0.2, 0) is 19.3 Å². The third-order valence-corrected chi connectivity index (χ3v) is 5.85. The van der Waals surface area contributed by atoms with E-state index in [9.17, 15) is 4.79 Å². The van der Waals surface area contributed by atoms with E-state index in [-0.39, 0.29) is 18.0 Å². The number of nitrogens with one attached hydrogen (secondary N) is 1. The predicted molar refractivity (Wildman–Crippen MR) is 117 cm³/mol. The molecule has 0 radical (unpaired) electrons. The third-order valence-electron chi connectivity index (χ3n) is 4.67. The molecule has 5 heteroatoms. The van der Waals surface area contributed by atoms with Gasteiger partial charge >= 0.3 is 0 Å². The Morgan fingerprint density at radius 3 is 2.48 bits per heavy atom. The maximum atomic E-state index is 11.9. The first-order chi connectivity index (χ1) is 12.6. The van der Waals surface area contributed by atoms with Crippen molar-refractivity contribution in [1.82, 2.24) is 4.98 Å². The fraction of sp³-hybridized carbons (Fsp3) is 0.318. The van der Waals surface area contributed by atoms with Gasteiger partial charge in [0.15, 0.2) is 0 Å². The highest BCUT2D eigenvalue weighted by molar-refractivity contribution is 7.15. The van der Waals surface area contributed by atoms with E-state index in [4.69, 9.17) is 4.74 Å². The Bertz CT molecular complexity index is 928. The highest BCUT2D eigenvalue weighted by atomic mass is 35.5. The Morgan fingerprint density at radius 1 is 1.07 bits per heavy atom. The van der Waals surface area contributed by atoms with Crippen LogP contribution in [0.5, 0.6) is 5.75 Å². The summed E-state index contributed by atoms with van der Waals surface area (Å²) in [4.78, 5) is 17.5. The molecule has 0 atom stereocenters. The molecule has 3 rings (SSSR count). The number of hydrogen-bond donors (Lipinski definition) is 1. The van der Waals surface area contributed by atoms with E-state index >= 15 is 0 Å². The largest absolute Gasteiger partial charge is 0.497 e. The number of aromatic nitrogens is 1.